The molecule has 0 aliphatic heterocycles. The summed E-state index contributed by atoms with van der Waals surface area (Å²) in [4.78, 5) is 5.24. The molecule has 5 heteroatoms. The van der Waals surface area contributed by atoms with Crippen molar-refractivity contribution in [1.82, 2.24) is 4.90 Å². The van der Waals surface area contributed by atoms with Gasteiger partial charge in [0.15, 0.2) is 17.5 Å². The fourth-order valence-electron chi connectivity index (χ4n) is 2.93. The Kier molecular flexibility index (Phi) is 6.02. The molecular formula is C21H24N3OS+. The minimum Gasteiger partial charge on any atom is -0.467 e. The van der Waals surface area contributed by atoms with Gasteiger partial charge >= 0.3 is 0 Å². The van der Waals surface area contributed by atoms with Gasteiger partial charge in [-0.2, -0.15) is 0 Å². The number of aryl methyl sites for hydroxylation is 2. The lowest BCUT2D eigenvalue weighted by molar-refractivity contribution is -0.378. The molecule has 2 heterocycles. The normalized spacial score (nSPS) is 10.5. The topological polar surface area (TPSA) is 42.5 Å². The van der Waals surface area contributed by atoms with Crippen LogP contribution in [0.25, 0.3) is 0 Å². The number of hydrogen-bond acceptors (Lipinski definition) is 2. The van der Waals surface area contributed by atoms with E-state index in [2.05, 4.69) is 53.3 Å². The number of benzene rings is 1. The van der Waals surface area contributed by atoms with Gasteiger partial charge in [-0.1, -0.05) is 25.1 Å². The Hall–Kier alpha value is -2.66. The Morgan fingerprint density at radius 2 is 2.04 bits per heavy atom. The molecule has 0 saturated carbocycles. The summed E-state index contributed by atoms with van der Waals surface area (Å²) in [5.41, 5.74) is 4.71. The van der Waals surface area contributed by atoms with Crippen molar-refractivity contribution in [3.8, 4) is 0 Å². The third-order valence-electron chi connectivity index (χ3n) is 4.33. The molecule has 0 saturated heterocycles. The number of aromatic nitrogens is 1. The minimum absolute atomic E-state index is 0.612. The molecule has 3 aromatic rings. The summed E-state index contributed by atoms with van der Waals surface area (Å²) in [5.74, 6) is 0.884. The van der Waals surface area contributed by atoms with Gasteiger partial charge in [-0.3, -0.25) is 0 Å². The van der Waals surface area contributed by atoms with Crippen molar-refractivity contribution >= 4 is 23.0 Å². The molecule has 134 valence electrons. The molecule has 0 amide bonds. The summed E-state index contributed by atoms with van der Waals surface area (Å²) >= 11 is 5.76. The largest absolute Gasteiger partial charge is 0.467 e. The Morgan fingerprint density at radius 1 is 1.15 bits per heavy atom. The number of para-hydroxylation sites is 1. The maximum atomic E-state index is 5.76. The third-order valence-corrected chi connectivity index (χ3v) is 4.69. The molecule has 2 aromatic heterocycles. The SMILES string of the molecule is CCc1cccc(C)c1NC(=S)N(Cc1ccc[nH+]c1)Cc1ccco1. The zero-order valence-corrected chi connectivity index (χ0v) is 16.0. The number of nitrogens with one attached hydrogen (secondary N) is 2. The molecular weight excluding hydrogens is 342 g/mol. The van der Waals surface area contributed by atoms with E-state index in [9.17, 15) is 0 Å². The van der Waals surface area contributed by atoms with E-state index in [0.717, 1.165) is 23.4 Å². The van der Waals surface area contributed by atoms with Crippen LogP contribution < -0.4 is 10.3 Å². The van der Waals surface area contributed by atoms with Gasteiger partial charge in [-0.05, 0) is 54.9 Å². The van der Waals surface area contributed by atoms with E-state index in [1.165, 1.54) is 11.1 Å². The number of pyridine rings is 1. The smallest absolute Gasteiger partial charge is 0.174 e. The second kappa shape index (κ2) is 8.63. The predicted octanol–water partition coefficient (Wildman–Crippen LogP) is 4.36. The minimum atomic E-state index is 0.612. The first-order valence-corrected chi connectivity index (χ1v) is 9.20. The van der Waals surface area contributed by atoms with E-state index in [0.29, 0.717) is 18.2 Å². The maximum absolute atomic E-state index is 5.76. The van der Waals surface area contributed by atoms with Crippen LogP contribution in [0.1, 0.15) is 29.4 Å². The number of aromatic amines is 1. The summed E-state index contributed by atoms with van der Waals surface area (Å²) < 4.78 is 5.53. The molecule has 0 radical (unpaired) electrons. The van der Waals surface area contributed by atoms with Crippen molar-refractivity contribution in [2.75, 3.05) is 5.32 Å². The highest BCUT2D eigenvalue weighted by Gasteiger charge is 2.16. The van der Waals surface area contributed by atoms with Crippen LogP contribution in [0.3, 0.4) is 0 Å². The van der Waals surface area contributed by atoms with Gasteiger partial charge in [0.2, 0.25) is 0 Å². The lowest BCUT2D eigenvalue weighted by Crippen LogP contribution is -2.34. The summed E-state index contributed by atoms with van der Waals surface area (Å²) in [7, 11) is 0. The number of rotatable bonds is 6. The van der Waals surface area contributed by atoms with Crippen molar-refractivity contribution in [3.63, 3.8) is 0 Å². The molecule has 0 aliphatic carbocycles. The standard InChI is InChI=1S/C21H23N3OS/c1-3-18-9-4-7-16(2)20(18)23-21(26)24(15-19-10-6-12-25-19)14-17-8-5-11-22-13-17/h4-13H,3,14-15H2,1-2H3,(H,23,26)/p+1. The molecule has 0 spiro atoms. The summed E-state index contributed by atoms with van der Waals surface area (Å²) in [6, 6.07) is 14.3. The van der Waals surface area contributed by atoms with Gasteiger partial charge in [-0.15, -0.1) is 0 Å². The monoisotopic (exact) mass is 366 g/mol. The van der Waals surface area contributed by atoms with Gasteiger partial charge in [-0.25, -0.2) is 4.98 Å². The first-order chi connectivity index (χ1) is 12.7. The van der Waals surface area contributed by atoms with Crippen LogP contribution in [0.15, 0.2) is 65.5 Å². The zero-order valence-electron chi connectivity index (χ0n) is 15.2. The van der Waals surface area contributed by atoms with Gasteiger partial charge in [0.25, 0.3) is 0 Å². The fourth-order valence-corrected chi connectivity index (χ4v) is 3.16. The maximum Gasteiger partial charge on any atom is 0.174 e. The van der Waals surface area contributed by atoms with Crippen LogP contribution in [0.4, 0.5) is 5.69 Å². The van der Waals surface area contributed by atoms with Crippen molar-refractivity contribution in [2.45, 2.75) is 33.4 Å². The predicted molar refractivity (Wildman–Crippen MR) is 108 cm³/mol. The lowest BCUT2D eigenvalue weighted by atomic mass is 10.1. The molecule has 0 unspecified atom stereocenters. The number of thiocarbonyl (C=S) groups is 1. The molecule has 0 atom stereocenters. The molecule has 3 rings (SSSR count). The van der Waals surface area contributed by atoms with Gasteiger partial charge in [0.05, 0.1) is 19.4 Å². The van der Waals surface area contributed by atoms with E-state index in [1.54, 1.807) is 6.26 Å². The molecule has 2 N–H and O–H groups in total. The highest BCUT2D eigenvalue weighted by Crippen LogP contribution is 2.22. The van der Waals surface area contributed by atoms with Crippen LogP contribution in [0.2, 0.25) is 0 Å². The summed E-state index contributed by atoms with van der Waals surface area (Å²) in [6.45, 7) is 5.56. The number of nitrogens with zero attached hydrogens (tertiary/aromatic N) is 1. The van der Waals surface area contributed by atoms with Crippen molar-refractivity contribution in [3.05, 3.63) is 83.6 Å². The fraction of sp³-hybridized carbons (Fsp3) is 0.238. The van der Waals surface area contributed by atoms with Gasteiger partial charge in [0.1, 0.15) is 5.76 Å². The Balaban J connectivity index is 1.82. The highest BCUT2D eigenvalue weighted by molar-refractivity contribution is 7.80. The van der Waals surface area contributed by atoms with Crippen molar-refractivity contribution < 1.29 is 9.40 Å². The van der Waals surface area contributed by atoms with Crippen molar-refractivity contribution in [2.24, 2.45) is 0 Å². The van der Waals surface area contributed by atoms with Crippen LogP contribution in [-0.4, -0.2) is 10.0 Å². The Labute approximate surface area is 159 Å². The van der Waals surface area contributed by atoms with Crippen LogP contribution in [-0.2, 0) is 19.5 Å². The summed E-state index contributed by atoms with van der Waals surface area (Å²) in [6.07, 6.45) is 6.54. The van der Waals surface area contributed by atoms with Gasteiger partial charge < -0.3 is 14.6 Å². The average Bonchev–Trinajstić information content (AvgIpc) is 3.17. The first-order valence-electron chi connectivity index (χ1n) is 8.79. The molecule has 0 fully saturated rings. The van der Waals surface area contributed by atoms with E-state index >= 15 is 0 Å². The van der Waals surface area contributed by atoms with E-state index in [4.69, 9.17) is 16.6 Å². The Bertz CT molecular complexity index is 847. The number of hydrogen-bond donors (Lipinski definition) is 1. The molecule has 4 nitrogen and oxygen atoms in total. The number of anilines is 1. The second-order valence-corrected chi connectivity index (χ2v) is 6.63. The number of H-pyrrole nitrogens is 1. The quantitative estimate of drug-likeness (QED) is 0.658. The van der Waals surface area contributed by atoms with E-state index in [-0.39, 0.29) is 0 Å². The van der Waals surface area contributed by atoms with Crippen LogP contribution in [0, 0.1) is 6.92 Å². The van der Waals surface area contributed by atoms with E-state index in [1.807, 2.05) is 30.6 Å². The second-order valence-electron chi connectivity index (χ2n) is 6.24. The Morgan fingerprint density at radius 3 is 2.73 bits per heavy atom. The summed E-state index contributed by atoms with van der Waals surface area (Å²) in [5, 5.41) is 4.16. The molecule has 0 aliphatic rings. The highest BCUT2D eigenvalue weighted by atomic mass is 32.1. The number of furan rings is 1. The third kappa shape index (κ3) is 4.49. The van der Waals surface area contributed by atoms with E-state index < -0.39 is 0 Å². The first kappa shape index (κ1) is 18.1. The molecule has 0 bridgehead atoms. The van der Waals surface area contributed by atoms with Crippen LogP contribution >= 0.6 is 12.2 Å². The zero-order chi connectivity index (χ0) is 18.4. The van der Waals surface area contributed by atoms with Gasteiger partial charge in [0, 0.05) is 17.3 Å². The van der Waals surface area contributed by atoms with Crippen molar-refractivity contribution in [1.29, 1.82) is 0 Å². The van der Waals surface area contributed by atoms with Crippen LogP contribution in [0.5, 0.6) is 0 Å². The molecule has 26 heavy (non-hydrogen) atoms. The average molecular weight is 367 g/mol. The lowest BCUT2D eigenvalue weighted by Gasteiger charge is -2.26. The molecule has 1 aromatic carbocycles.